The van der Waals surface area contributed by atoms with Crippen molar-refractivity contribution in [3.63, 3.8) is 0 Å². The van der Waals surface area contributed by atoms with Crippen LogP contribution in [0.1, 0.15) is 30.4 Å². The second-order valence-corrected chi connectivity index (χ2v) is 4.26. The van der Waals surface area contributed by atoms with Crippen molar-refractivity contribution in [2.24, 2.45) is 0 Å². The Labute approximate surface area is 117 Å². The van der Waals surface area contributed by atoms with Crippen LogP contribution >= 0.6 is 0 Å². The smallest absolute Gasteiger partial charge is 0.176 e. The minimum atomic E-state index is 0.146. The van der Waals surface area contributed by atoms with Crippen molar-refractivity contribution in [3.05, 3.63) is 41.7 Å². The topological polar surface area (TPSA) is 90.3 Å². The summed E-state index contributed by atoms with van der Waals surface area (Å²) in [5, 5.41) is 21.2. The number of nitriles is 2. The lowest BCUT2D eigenvalue weighted by atomic mass is 10.3. The van der Waals surface area contributed by atoms with Crippen LogP contribution in [0.25, 0.3) is 0 Å². The molecule has 0 saturated carbocycles. The van der Waals surface area contributed by atoms with E-state index < -0.39 is 0 Å². The van der Waals surface area contributed by atoms with Gasteiger partial charge in [0.1, 0.15) is 12.1 Å². The second-order valence-electron chi connectivity index (χ2n) is 4.26. The average molecular weight is 266 g/mol. The first-order valence-corrected chi connectivity index (χ1v) is 6.32. The van der Waals surface area contributed by atoms with Gasteiger partial charge >= 0.3 is 0 Å². The molecule has 0 spiro atoms. The molecule has 0 radical (unpaired) electrons. The number of imidazole rings is 1. The van der Waals surface area contributed by atoms with E-state index >= 15 is 0 Å². The van der Waals surface area contributed by atoms with E-state index in [9.17, 15) is 0 Å². The van der Waals surface area contributed by atoms with Crippen molar-refractivity contribution < 1.29 is 0 Å². The Bertz CT molecular complexity index is 674. The highest BCUT2D eigenvalue weighted by molar-refractivity contribution is 5.43. The predicted octanol–water partition coefficient (Wildman–Crippen LogP) is 1.89. The first-order chi connectivity index (χ1) is 9.78. The minimum absolute atomic E-state index is 0.146. The molecule has 2 heterocycles. The number of anilines is 1. The molecular weight excluding hydrogens is 252 g/mol. The van der Waals surface area contributed by atoms with Crippen LogP contribution < -0.4 is 5.32 Å². The van der Waals surface area contributed by atoms with Gasteiger partial charge in [-0.05, 0) is 18.6 Å². The average Bonchev–Trinajstić information content (AvgIpc) is 2.87. The molecule has 0 amide bonds. The van der Waals surface area contributed by atoms with Gasteiger partial charge in [-0.1, -0.05) is 6.92 Å². The predicted molar refractivity (Wildman–Crippen MR) is 73.8 cm³/mol. The van der Waals surface area contributed by atoms with E-state index in [4.69, 9.17) is 10.5 Å². The van der Waals surface area contributed by atoms with E-state index in [0.717, 1.165) is 24.3 Å². The Hall–Kier alpha value is -2.86. The lowest BCUT2D eigenvalue weighted by Crippen LogP contribution is -2.05. The molecule has 1 N–H and O–H groups in total. The Morgan fingerprint density at radius 2 is 2.15 bits per heavy atom. The van der Waals surface area contributed by atoms with Gasteiger partial charge in [0.15, 0.2) is 11.4 Å². The largest absolute Gasteiger partial charge is 0.385 e. The Morgan fingerprint density at radius 3 is 2.85 bits per heavy atom. The Balaban J connectivity index is 2.20. The highest BCUT2D eigenvalue weighted by atomic mass is 15.1. The fourth-order valence-electron chi connectivity index (χ4n) is 1.82. The summed E-state index contributed by atoms with van der Waals surface area (Å²) in [4.78, 5) is 8.18. The Morgan fingerprint density at radius 1 is 1.30 bits per heavy atom. The highest BCUT2D eigenvalue weighted by Gasteiger charge is 2.10. The first kappa shape index (κ1) is 13.6. The molecule has 0 bridgehead atoms. The SMILES string of the molecule is CCCNc1ccnc(Cn2cnc(C#N)c2C#N)c1. The summed E-state index contributed by atoms with van der Waals surface area (Å²) in [6.07, 6.45) is 4.26. The molecular formula is C14H14N6. The molecule has 6 nitrogen and oxygen atoms in total. The van der Waals surface area contributed by atoms with Crippen LogP contribution in [-0.4, -0.2) is 21.1 Å². The maximum atomic E-state index is 9.07. The number of nitrogens with one attached hydrogen (secondary N) is 1. The fraction of sp³-hybridized carbons (Fsp3) is 0.286. The normalized spacial score (nSPS) is 9.75. The van der Waals surface area contributed by atoms with Gasteiger partial charge in [-0.3, -0.25) is 4.98 Å². The number of nitrogens with zero attached hydrogens (tertiary/aromatic N) is 5. The minimum Gasteiger partial charge on any atom is -0.385 e. The van der Waals surface area contributed by atoms with Gasteiger partial charge in [0.25, 0.3) is 0 Å². The van der Waals surface area contributed by atoms with Crippen LogP contribution in [0.4, 0.5) is 5.69 Å². The quantitative estimate of drug-likeness (QED) is 0.892. The molecule has 0 saturated heterocycles. The van der Waals surface area contributed by atoms with E-state index in [1.165, 1.54) is 6.33 Å². The molecule has 0 aliphatic heterocycles. The van der Waals surface area contributed by atoms with Gasteiger partial charge in [-0.25, -0.2) is 4.98 Å². The third-order valence-corrected chi connectivity index (χ3v) is 2.78. The van der Waals surface area contributed by atoms with Crippen molar-refractivity contribution in [2.45, 2.75) is 19.9 Å². The number of hydrogen-bond acceptors (Lipinski definition) is 5. The highest BCUT2D eigenvalue weighted by Crippen LogP contribution is 2.12. The molecule has 2 rings (SSSR count). The van der Waals surface area contributed by atoms with E-state index in [2.05, 4.69) is 22.2 Å². The van der Waals surface area contributed by atoms with Gasteiger partial charge in [0.2, 0.25) is 0 Å². The van der Waals surface area contributed by atoms with Crippen LogP contribution in [0.2, 0.25) is 0 Å². The third-order valence-electron chi connectivity index (χ3n) is 2.78. The van der Waals surface area contributed by atoms with E-state index in [-0.39, 0.29) is 11.4 Å². The molecule has 100 valence electrons. The summed E-state index contributed by atoms with van der Waals surface area (Å²) in [7, 11) is 0. The maximum Gasteiger partial charge on any atom is 0.176 e. The number of aromatic nitrogens is 3. The summed E-state index contributed by atoms with van der Waals surface area (Å²) >= 11 is 0. The van der Waals surface area contributed by atoms with Gasteiger partial charge in [0, 0.05) is 18.4 Å². The zero-order valence-electron chi connectivity index (χ0n) is 11.2. The zero-order chi connectivity index (χ0) is 14.4. The third kappa shape index (κ3) is 2.93. The molecule has 2 aromatic rings. The van der Waals surface area contributed by atoms with Gasteiger partial charge in [-0.15, -0.1) is 0 Å². The van der Waals surface area contributed by atoms with Crippen molar-refractivity contribution >= 4 is 5.69 Å². The monoisotopic (exact) mass is 266 g/mol. The van der Waals surface area contributed by atoms with Crippen LogP contribution in [0, 0.1) is 22.7 Å². The van der Waals surface area contributed by atoms with Crippen molar-refractivity contribution in [3.8, 4) is 12.1 Å². The first-order valence-electron chi connectivity index (χ1n) is 6.32. The molecule has 0 fully saturated rings. The van der Waals surface area contributed by atoms with Gasteiger partial charge < -0.3 is 9.88 Å². The summed E-state index contributed by atoms with van der Waals surface area (Å²) in [5.41, 5.74) is 2.22. The summed E-state index contributed by atoms with van der Waals surface area (Å²) in [6.45, 7) is 3.42. The van der Waals surface area contributed by atoms with Crippen LogP contribution in [-0.2, 0) is 6.54 Å². The Kier molecular flexibility index (Phi) is 4.31. The molecule has 6 heteroatoms. The lowest BCUT2D eigenvalue weighted by molar-refractivity contribution is 0.763. The molecule has 0 aliphatic carbocycles. The van der Waals surface area contributed by atoms with Gasteiger partial charge in [0.05, 0.1) is 18.6 Å². The number of rotatable bonds is 5. The van der Waals surface area contributed by atoms with Crippen molar-refractivity contribution in [1.82, 2.24) is 14.5 Å². The zero-order valence-corrected chi connectivity index (χ0v) is 11.2. The van der Waals surface area contributed by atoms with E-state index in [1.807, 2.05) is 24.3 Å². The van der Waals surface area contributed by atoms with Crippen LogP contribution in [0.5, 0.6) is 0 Å². The molecule has 20 heavy (non-hydrogen) atoms. The standard InChI is InChI=1S/C14H14N6/c1-2-4-17-11-3-5-18-12(6-11)9-20-10-19-13(7-15)14(20)8-16/h3,5-6,10H,2,4,9H2,1H3,(H,17,18). The molecule has 0 unspecified atom stereocenters. The molecule has 2 aromatic heterocycles. The molecule has 0 aromatic carbocycles. The number of pyridine rings is 1. The van der Waals surface area contributed by atoms with Crippen LogP contribution in [0.3, 0.4) is 0 Å². The summed E-state index contributed by atoms with van der Waals surface area (Å²) in [6, 6.07) is 7.74. The lowest BCUT2D eigenvalue weighted by Gasteiger charge is -2.07. The van der Waals surface area contributed by atoms with Crippen LogP contribution in [0.15, 0.2) is 24.7 Å². The van der Waals surface area contributed by atoms with E-state index in [1.54, 1.807) is 10.8 Å². The molecule has 0 aliphatic rings. The van der Waals surface area contributed by atoms with Gasteiger partial charge in [-0.2, -0.15) is 10.5 Å². The molecule has 0 atom stereocenters. The second kappa shape index (κ2) is 6.35. The van der Waals surface area contributed by atoms with E-state index in [0.29, 0.717) is 6.54 Å². The van der Waals surface area contributed by atoms with Crippen molar-refractivity contribution in [1.29, 1.82) is 10.5 Å². The summed E-state index contributed by atoms with van der Waals surface area (Å²) in [5.74, 6) is 0. The number of hydrogen-bond donors (Lipinski definition) is 1. The maximum absolute atomic E-state index is 9.07. The fourth-order valence-corrected chi connectivity index (χ4v) is 1.82. The van der Waals surface area contributed by atoms with Crippen molar-refractivity contribution in [2.75, 3.05) is 11.9 Å². The summed E-state index contributed by atoms with van der Waals surface area (Å²) < 4.78 is 1.63.